The van der Waals surface area contributed by atoms with Gasteiger partial charge in [-0.2, -0.15) is 4.98 Å². The summed E-state index contributed by atoms with van der Waals surface area (Å²) in [6.45, 7) is 0.728. The Balaban J connectivity index is 2.07. The molecule has 0 saturated heterocycles. The van der Waals surface area contributed by atoms with Crippen molar-refractivity contribution < 1.29 is 9.90 Å². The highest BCUT2D eigenvalue weighted by atomic mass is 16.4. The van der Waals surface area contributed by atoms with Gasteiger partial charge in [-0.25, -0.2) is 4.98 Å². The third-order valence-corrected chi connectivity index (χ3v) is 2.47. The summed E-state index contributed by atoms with van der Waals surface area (Å²) in [6.07, 6.45) is 4.72. The lowest BCUT2D eigenvalue weighted by Gasteiger charge is -2.07. The van der Waals surface area contributed by atoms with Gasteiger partial charge in [0.25, 0.3) is 0 Å². The predicted octanol–water partition coefficient (Wildman–Crippen LogP) is 0.443. The van der Waals surface area contributed by atoms with Crippen molar-refractivity contribution in [1.29, 1.82) is 0 Å². The molecule has 0 unspecified atom stereocenters. The second-order valence-corrected chi connectivity index (χ2v) is 4.03. The fraction of sp³-hybridized carbons (Fsp3) is 0.545. The Morgan fingerprint density at radius 2 is 2.22 bits per heavy atom. The number of nitrogens with one attached hydrogen (secondary N) is 1. The van der Waals surface area contributed by atoms with Crippen LogP contribution in [0.5, 0.6) is 0 Å². The SMILES string of the molecule is Nc1ccnc(NCCCCC[C@H](N)C(=O)O)n1. The summed E-state index contributed by atoms with van der Waals surface area (Å²) in [7, 11) is 0. The van der Waals surface area contributed by atoms with Crippen LogP contribution in [0.25, 0.3) is 0 Å². The van der Waals surface area contributed by atoms with Crippen molar-refractivity contribution in [3.8, 4) is 0 Å². The van der Waals surface area contributed by atoms with Crippen LogP contribution in [0, 0.1) is 0 Å². The molecule has 0 aliphatic heterocycles. The second kappa shape index (κ2) is 7.44. The van der Waals surface area contributed by atoms with E-state index in [0.717, 1.165) is 25.8 Å². The summed E-state index contributed by atoms with van der Waals surface area (Å²) in [5.41, 5.74) is 10.9. The third kappa shape index (κ3) is 5.44. The number of nitrogens with zero attached hydrogens (tertiary/aromatic N) is 2. The molecule has 1 aromatic rings. The maximum atomic E-state index is 10.5. The number of hydrogen-bond donors (Lipinski definition) is 4. The molecule has 100 valence electrons. The van der Waals surface area contributed by atoms with Gasteiger partial charge in [0.2, 0.25) is 5.95 Å². The maximum Gasteiger partial charge on any atom is 0.320 e. The van der Waals surface area contributed by atoms with Crippen LogP contribution in [0.1, 0.15) is 25.7 Å². The number of nitrogen functional groups attached to an aromatic ring is 1. The van der Waals surface area contributed by atoms with Crippen LogP contribution in [-0.2, 0) is 4.79 Å². The Hall–Kier alpha value is -1.89. The van der Waals surface area contributed by atoms with E-state index in [9.17, 15) is 4.79 Å². The van der Waals surface area contributed by atoms with Crippen molar-refractivity contribution >= 4 is 17.7 Å². The number of rotatable bonds is 8. The van der Waals surface area contributed by atoms with Gasteiger partial charge in [0.15, 0.2) is 0 Å². The number of hydrogen-bond acceptors (Lipinski definition) is 6. The zero-order chi connectivity index (χ0) is 13.4. The lowest BCUT2D eigenvalue weighted by molar-refractivity contribution is -0.138. The monoisotopic (exact) mass is 253 g/mol. The zero-order valence-corrected chi connectivity index (χ0v) is 10.2. The van der Waals surface area contributed by atoms with Crippen LogP contribution >= 0.6 is 0 Å². The van der Waals surface area contributed by atoms with E-state index in [4.69, 9.17) is 16.6 Å². The van der Waals surface area contributed by atoms with Gasteiger partial charge in [-0.15, -0.1) is 0 Å². The van der Waals surface area contributed by atoms with Crippen molar-refractivity contribution in [1.82, 2.24) is 9.97 Å². The fourth-order valence-corrected chi connectivity index (χ4v) is 1.45. The van der Waals surface area contributed by atoms with Gasteiger partial charge in [0.05, 0.1) is 0 Å². The van der Waals surface area contributed by atoms with E-state index < -0.39 is 12.0 Å². The molecule has 7 heteroatoms. The van der Waals surface area contributed by atoms with Crippen LogP contribution in [0.15, 0.2) is 12.3 Å². The first-order valence-electron chi connectivity index (χ1n) is 5.90. The lowest BCUT2D eigenvalue weighted by atomic mass is 10.1. The van der Waals surface area contributed by atoms with Crippen molar-refractivity contribution in [2.24, 2.45) is 5.73 Å². The second-order valence-electron chi connectivity index (χ2n) is 4.03. The molecule has 18 heavy (non-hydrogen) atoms. The van der Waals surface area contributed by atoms with Gasteiger partial charge in [-0.1, -0.05) is 12.8 Å². The molecular weight excluding hydrogens is 234 g/mol. The van der Waals surface area contributed by atoms with Gasteiger partial charge in [-0.05, 0) is 18.9 Å². The first-order valence-corrected chi connectivity index (χ1v) is 5.90. The molecule has 0 amide bonds. The number of nitrogens with two attached hydrogens (primary N) is 2. The van der Waals surface area contributed by atoms with Crippen LogP contribution in [0.4, 0.5) is 11.8 Å². The fourth-order valence-electron chi connectivity index (χ4n) is 1.45. The number of carboxylic acids is 1. The van der Waals surface area contributed by atoms with E-state index in [1.165, 1.54) is 0 Å². The number of aliphatic carboxylic acids is 1. The van der Waals surface area contributed by atoms with E-state index in [-0.39, 0.29) is 0 Å². The molecule has 0 spiro atoms. The zero-order valence-electron chi connectivity index (χ0n) is 10.2. The van der Waals surface area contributed by atoms with Gasteiger partial charge >= 0.3 is 5.97 Å². The Morgan fingerprint density at radius 1 is 1.44 bits per heavy atom. The molecule has 1 atom stereocenters. The molecule has 6 N–H and O–H groups in total. The highest BCUT2D eigenvalue weighted by molar-refractivity contribution is 5.72. The highest BCUT2D eigenvalue weighted by Crippen LogP contribution is 2.05. The Bertz CT molecular complexity index is 385. The van der Waals surface area contributed by atoms with Crippen molar-refractivity contribution in [2.45, 2.75) is 31.7 Å². The first-order chi connectivity index (χ1) is 8.59. The largest absolute Gasteiger partial charge is 0.480 e. The average Bonchev–Trinajstić information content (AvgIpc) is 2.33. The van der Waals surface area contributed by atoms with Gasteiger partial charge in [0, 0.05) is 12.7 Å². The number of aromatic nitrogens is 2. The Labute approximate surface area is 106 Å². The average molecular weight is 253 g/mol. The molecule has 0 saturated carbocycles. The highest BCUT2D eigenvalue weighted by Gasteiger charge is 2.09. The van der Waals surface area contributed by atoms with E-state index in [0.29, 0.717) is 18.2 Å². The summed E-state index contributed by atoms with van der Waals surface area (Å²) >= 11 is 0. The minimum Gasteiger partial charge on any atom is -0.480 e. The van der Waals surface area contributed by atoms with E-state index >= 15 is 0 Å². The van der Waals surface area contributed by atoms with Crippen molar-refractivity contribution in [3.05, 3.63) is 12.3 Å². The molecule has 0 fully saturated rings. The third-order valence-electron chi connectivity index (χ3n) is 2.47. The molecule has 1 aromatic heterocycles. The topological polar surface area (TPSA) is 127 Å². The lowest BCUT2D eigenvalue weighted by Crippen LogP contribution is -2.29. The molecule has 1 heterocycles. The molecule has 1 rings (SSSR count). The predicted molar refractivity (Wildman–Crippen MR) is 69.0 cm³/mol. The quantitative estimate of drug-likeness (QED) is 0.495. The van der Waals surface area contributed by atoms with Gasteiger partial charge in [0.1, 0.15) is 11.9 Å². The maximum absolute atomic E-state index is 10.5. The van der Waals surface area contributed by atoms with E-state index in [2.05, 4.69) is 15.3 Å². The normalized spacial score (nSPS) is 12.1. The summed E-state index contributed by atoms with van der Waals surface area (Å²) in [5.74, 6) is -0.00143. The number of anilines is 2. The smallest absolute Gasteiger partial charge is 0.320 e. The molecule has 0 aliphatic carbocycles. The minimum atomic E-state index is -0.943. The van der Waals surface area contributed by atoms with E-state index in [1.807, 2.05) is 0 Å². The first kappa shape index (κ1) is 14.2. The summed E-state index contributed by atoms with van der Waals surface area (Å²) in [4.78, 5) is 18.5. The van der Waals surface area contributed by atoms with Gasteiger partial charge in [-0.3, -0.25) is 4.79 Å². The minimum absolute atomic E-state index is 0.430. The standard InChI is InChI=1S/C11H19N5O2/c12-8(10(17)18)4-2-1-3-6-14-11-15-7-5-9(13)16-11/h5,7-8H,1-4,6,12H2,(H,17,18)(H3,13,14,15,16)/t8-/m0/s1. The Morgan fingerprint density at radius 3 is 2.89 bits per heavy atom. The summed E-state index contributed by atoms with van der Waals surface area (Å²) in [5, 5.41) is 11.6. The van der Waals surface area contributed by atoms with Gasteiger partial charge < -0.3 is 21.9 Å². The van der Waals surface area contributed by atoms with E-state index in [1.54, 1.807) is 12.3 Å². The number of unbranched alkanes of at least 4 members (excludes halogenated alkanes) is 2. The Kier molecular flexibility index (Phi) is 5.86. The molecular formula is C11H19N5O2. The van der Waals surface area contributed by atoms with Crippen LogP contribution < -0.4 is 16.8 Å². The molecule has 0 bridgehead atoms. The summed E-state index contributed by atoms with van der Waals surface area (Å²) < 4.78 is 0. The molecule has 0 aliphatic rings. The number of carbonyl (C=O) groups is 1. The molecule has 7 nitrogen and oxygen atoms in total. The van der Waals surface area contributed by atoms with Crippen molar-refractivity contribution in [3.63, 3.8) is 0 Å². The van der Waals surface area contributed by atoms with Crippen LogP contribution in [-0.4, -0.2) is 33.6 Å². The van der Waals surface area contributed by atoms with Crippen molar-refractivity contribution in [2.75, 3.05) is 17.6 Å². The number of carboxylic acid groups (broad SMARTS) is 1. The molecule has 0 aromatic carbocycles. The van der Waals surface area contributed by atoms with Crippen LogP contribution in [0.2, 0.25) is 0 Å². The van der Waals surface area contributed by atoms with Crippen LogP contribution in [0.3, 0.4) is 0 Å². The summed E-state index contributed by atoms with van der Waals surface area (Å²) in [6, 6.07) is 0.869. The molecule has 0 radical (unpaired) electrons.